The van der Waals surface area contributed by atoms with Crippen molar-refractivity contribution >= 4 is 17.0 Å². The fraction of sp³-hybridized carbons (Fsp3) is 0.611. The van der Waals surface area contributed by atoms with Gasteiger partial charge in [-0.1, -0.05) is 5.16 Å². The predicted molar refractivity (Wildman–Crippen MR) is 92.8 cm³/mol. The van der Waals surface area contributed by atoms with Crippen LogP contribution in [0.15, 0.2) is 10.6 Å². The minimum Gasteiger partial charge on any atom is -0.385 e. The highest BCUT2D eigenvalue weighted by Gasteiger charge is 2.31. The largest absolute Gasteiger partial charge is 0.385 e. The first-order chi connectivity index (χ1) is 12.3. The maximum Gasteiger partial charge on any atom is 0.259 e. The molecule has 3 heterocycles. The average Bonchev–Trinajstić information content (AvgIpc) is 3.16. The summed E-state index contributed by atoms with van der Waals surface area (Å²) in [4.78, 5) is 17.4. The van der Waals surface area contributed by atoms with Gasteiger partial charge in [0.25, 0.3) is 11.6 Å². The Labute approximate surface area is 146 Å². The van der Waals surface area contributed by atoms with Gasteiger partial charge in [0.2, 0.25) is 0 Å². The molecule has 1 atom stereocenters. The quantitative estimate of drug-likeness (QED) is 0.746. The molecule has 7 nitrogen and oxygen atoms in total. The van der Waals surface area contributed by atoms with Crippen molar-refractivity contribution in [2.75, 3.05) is 33.4 Å². The second kappa shape index (κ2) is 7.09. The Morgan fingerprint density at radius 3 is 3.00 bits per heavy atom. The van der Waals surface area contributed by atoms with Crippen LogP contribution in [0.4, 0.5) is 0 Å². The van der Waals surface area contributed by atoms with Crippen LogP contribution in [0.5, 0.6) is 0 Å². The summed E-state index contributed by atoms with van der Waals surface area (Å²) < 4.78 is 10.6. The van der Waals surface area contributed by atoms with E-state index in [1.807, 2.05) is 6.07 Å². The number of nitrogens with one attached hydrogen (secondary N) is 2. The first kappa shape index (κ1) is 16.5. The first-order valence-corrected chi connectivity index (χ1v) is 9.06. The Hall–Kier alpha value is -1.99. The van der Waals surface area contributed by atoms with Crippen LogP contribution in [0.3, 0.4) is 0 Å². The van der Waals surface area contributed by atoms with Gasteiger partial charge in [-0.05, 0) is 38.3 Å². The van der Waals surface area contributed by atoms with Gasteiger partial charge in [-0.15, -0.1) is 0 Å². The minimum atomic E-state index is -0.0826. The fourth-order valence-corrected chi connectivity index (χ4v) is 3.44. The Kier molecular flexibility index (Phi) is 4.67. The normalized spacial score (nSPS) is 20.3. The number of pyridine rings is 1. The fourth-order valence-electron chi connectivity index (χ4n) is 3.44. The molecule has 1 amide bonds. The van der Waals surface area contributed by atoms with Crippen LogP contribution in [0.1, 0.15) is 59.3 Å². The van der Waals surface area contributed by atoms with E-state index in [9.17, 15) is 4.79 Å². The number of carbonyl (C=O) groups excluding carboxylic acids is 1. The monoisotopic (exact) mass is 344 g/mol. The van der Waals surface area contributed by atoms with E-state index in [2.05, 4.69) is 20.8 Å². The van der Waals surface area contributed by atoms with Crippen molar-refractivity contribution in [1.29, 1.82) is 0 Å². The standard InChI is InChI=1S/C18H24N4O3/c1-24-8-2-6-20-17(23)13-9-14(11-3-4-11)21-18-15(13)16(22-25-18)12-5-7-19-10-12/h9,11-12,19H,2-8,10H2,1H3,(H,20,23). The molecule has 2 N–H and O–H groups in total. The second-order valence-corrected chi connectivity index (χ2v) is 6.91. The van der Waals surface area contributed by atoms with Crippen molar-refractivity contribution in [3.8, 4) is 0 Å². The van der Waals surface area contributed by atoms with E-state index in [1.54, 1.807) is 7.11 Å². The molecule has 1 aliphatic heterocycles. The highest BCUT2D eigenvalue weighted by Crippen LogP contribution is 2.41. The maximum absolute atomic E-state index is 12.8. The minimum absolute atomic E-state index is 0.0826. The first-order valence-electron chi connectivity index (χ1n) is 9.06. The van der Waals surface area contributed by atoms with Crippen LogP contribution in [-0.4, -0.2) is 49.4 Å². The number of carbonyl (C=O) groups is 1. The second-order valence-electron chi connectivity index (χ2n) is 6.91. The lowest BCUT2D eigenvalue weighted by atomic mass is 9.98. The van der Waals surface area contributed by atoms with Gasteiger partial charge in [0.05, 0.1) is 16.6 Å². The van der Waals surface area contributed by atoms with Crippen molar-refractivity contribution < 1.29 is 14.1 Å². The SMILES string of the molecule is COCCCNC(=O)c1cc(C2CC2)nc2onc(C3CCNC3)c12. The van der Waals surface area contributed by atoms with Gasteiger partial charge in [0.15, 0.2) is 0 Å². The third kappa shape index (κ3) is 3.39. The Bertz CT molecular complexity index is 763. The Morgan fingerprint density at radius 2 is 2.28 bits per heavy atom. The number of ether oxygens (including phenoxy) is 1. The lowest BCUT2D eigenvalue weighted by Crippen LogP contribution is -2.26. The number of amides is 1. The molecular formula is C18H24N4O3. The summed E-state index contributed by atoms with van der Waals surface area (Å²) in [5.41, 5.74) is 2.94. The molecule has 134 valence electrons. The molecule has 2 fully saturated rings. The smallest absolute Gasteiger partial charge is 0.259 e. The summed E-state index contributed by atoms with van der Waals surface area (Å²) in [6, 6.07) is 1.94. The molecule has 1 aliphatic carbocycles. The molecule has 1 unspecified atom stereocenters. The highest BCUT2D eigenvalue weighted by atomic mass is 16.5. The Balaban J connectivity index is 1.68. The van der Waals surface area contributed by atoms with Gasteiger partial charge < -0.3 is 19.9 Å². The van der Waals surface area contributed by atoms with Crippen LogP contribution < -0.4 is 10.6 Å². The topological polar surface area (TPSA) is 89.3 Å². The third-order valence-electron chi connectivity index (χ3n) is 4.99. The van der Waals surface area contributed by atoms with Crippen molar-refractivity contribution in [2.45, 2.75) is 37.5 Å². The zero-order valence-electron chi connectivity index (χ0n) is 14.5. The lowest BCUT2D eigenvalue weighted by molar-refractivity contribution is 0.0950. The lowest BCUT2D eigenvalue weighted by Gasteiger charge is -2.10. The van der Waals surface area contributed by atoms with Gasteiger partial charge in [0.1, 0.15) is 0 Å². The number of aromatic nitrogens is 2. The summed E-state index contributed by atoms with van der Waals surface area (Å²) in [5.74, 6) is 0.641. The molecule has 7 heteroatoms. The number of fused-ring (bicyclic) bond motifs is 1. The predicted octanol–water partition coefficient (Wildman–Crippen LogP) is 1.94. The summed E-state index contributed by atoms with van der Waals surface area (Å²) in [6.45, 7) is 3.04. The molecule has 4 rings (SSSR count). The molecule has 2 aromatic heterocycles. The summed E-state index contributed by atoms with van der Waals surface area (Å²) in [5, 5.41) is 11.4. The number of rotatable bonds is 7. The van der Waals surface area contributed by atoms with Crippen molar-refractivity contribution in [3.05, 3.63) is 23.0 Å². The molecule has 0 aromatic carbocycles. The molecular weight excluding hydrogens is 320 g/mol. The zero-order valence-corrected chi connectivity index (χ0v) is 14.5. The van der Waals surface area contributed by atoms with Crippen LogP contribution in [0.25, 0.3) is 11.1 Å². The number of hydrogen-bond donors (Lipinski definition) is 2. The molecule has 2 aromatic rings. The summed E-state index contributed by atoms with van der Waals surface area (Å²) >= 11 is 0. The molecule has 1 saturated heterocycles. The van der Waals surface area contributed by atoms with E-state index in [1.165, 1.54) is 0 Å². The van der Waals surface area contributed by atoms with E-state index < -0.39 is 0 Å². The van der Waals surface area contributed by atoms with Gasteiger partial charge in [0, 0.05) is 44.3 Å². The molecule has 0 spiro atoms. The van der Waals surface area contributed by atoms with Crippen molar-refractivity contribution in [3.63, 3.8) is 0 Å². The molecule has 25 heavy (non-hydrogen) atoms. The van der Waals surface area contributed by atoms with Crippen LogP contribution >= 0.6 is 0 Å². The van der Waals surface area contributed by atoms with Gasteiger partial charge in [-0.3, -0.25) is 4.79 Å². The average molecular weight is 344 g/mol. The van der Waals surface area contributed by atoms with E-state index >= 15 is 0 Å². The van der Waals surface area contributed by atoms with Crippen LogP contribution in [0.2, 0.25) is 0 Å². The molecule has 1 saturated carbocycles. The number of nitrogens with zero attached hydrogens (tertiary/aromatic N) is 2. The highest BCUT2D eigenvalue weighted by molar-refractivity contribution is 6.06. The Morgan fingerprint density at radius 1 is 1.40 bits per heavy atom. The van der Waals surface area contributed by atoms with Gasteiger partial charge in [-0.25, -0.2) is 4.98 Å². The maximum atomic E-state index is 12.8. The van der Waals surface area contributed by atoms with Crippen LogP contribution in [-0.2, 0) is 4.74 Å². The van der Waals surface area contributed by atoms with E-state index in [4.69, 9.17) is 9.26 Å². The van der Waals surface area contributed by atoms with Crippen molar-refractivity contribution in [2.24, 2.45) is 0 Å². The molecule has 0 radical (unpaired) electrons. The third-order valence-corrected chi connectivity index (χ3v) is 4.99. The zero-order chi connectivity index (χ0) is 17.2. The molecule has 2 aliphatic rings. The summed E-state index contributed by atoms with van der Waals surface area (Å²) in [7, 11) is 1.66. The van der Waals surface area contributed by atoms with Gasteiger partial charge >= 0.3 is 0 Å². The number of hydrogen-bond acceptors (Lipinski definition) is 6. The van der Waals surface area contributed by atoms with E-state index in [0.29, 0.717) is 30.3 Å². The van der Waals surface area contributed by atoms with Gasteiger partial charge in [-0.2, -0.15) is 0 Å². The van der Waals surface area contributed by atoms with Crippen LogP contribution in [0, 0.1) is 0 Å². The molecule has 0 bridgehead atoms. The van der Waals surface area contributed by atoms with E-state index in [-0.39, 0.29) is 11.8 Å². The summed E-state index contributed by atoms with van der Waals surface area (Å²) in [6.07, 6.45) is 4.04. The van der Waals surface area contributed by atoms with E-state index in [0.717, 1.165) is 55.5 Å². The number of methoxy groups -OCH3 is 1. The van der Waals surface area contributed by atoms with Crippen molar-refractivity contribution in [1.82, 2.24) is 20.8 Å².